The van der Waals surface area contributed by atoms with Gasteiger partial charge >= 0.3 is 0 Å². The summed E-state index contributed by atoms with van der Waals surface area (Å²) in [6.45, 7) is 3.48. The van der Waals surface area contributed by atoms with E-state index in [1.54, 1.807) is 24.4 Å². The predicted molar refractivity (Wildman–Crippen MR) is 143 cm³/mol. The first-order valence-corrected chi connectivity index (χ1v) is 13.3. The summed E-state index contributed by atoms with van der Waals surface area (Å²) in [5.74, 6) is -1.29. The van der Waals surface area contributed by atoms with Crippen molar-refractivity contribution >= 4 is 23.4 Å². The summed E-state index contributed by atoms with van der Waals surface area (Å²) in [7, 11) is 0. The van der Waals surface area contributed by atoms with Gasteiger partial charge in [-0.15, -0.1) is 0 Å². The van der Waals surface area contributed by atoms with Crippen LogP contribution in [0.2, 0.25) is 5.02 Å². The Labute approximate surface area is 227 Å². The van der Waals surface area contributed by atoms with Gasteiger partial charge in [0.25, 0.3) is 11.8 Å². The van der Waals surface area contributed by atoms with Gasteiger partial charge in [-0.05, 0) is 55.5 Å². The number of benzene rings is 2. The lowest BCUT2D eigenvalue weighted by Crippen LogP contribution is -2.53. The smallest absolute Gasteiger partial charge is 0.263 e. The molecule has 1 unspecified atom stereocenters. The Balaban J connectivity index is 1.75. The van der Waals surface area contributed by atoms with Crippen LogP contribution in [0.15, 0.2) is 60.8 Å². The van der Waals surface area contributed by atoms with E-state index in [9.17, 15) is 19.8 Å². The van der Waals surface area contributed by atoms with E-state index in [4.69, 9.17) is 16.3 Å². The maximum absolute atomic E-state index is 13.9. The fourth-order valence-corrected chi connectivity index (χ4v) is 5.20. The second-order valence-electron chi connectivity index (χ2n) is 10.3. The quantitative estimate of drug-likeness (QED) is 0.426. The van der Waals surface area contributed by atoms with Gasteiger partial charge in [0, 0.05) is 40.4 Å². The van der Waals surface area contributed by atoms with Crippen LogP contribution in [0.4, 0.5) is 0 Å². The van der Waals surface area contributed by atoms with Crippen molar-refractivity contribution in [2.45, 2.75) is 51.4 Å². The largest absolute Gasteiger partial charge is 0.396 e. The van der Waals surface area contributed by atoms with Crippen molar-refractivity contribution in [3.05, 3.63) is 99.3 Å². The summed E-state index contributed by atoms with van der Waals surface area (Å²) >= 11 is 6.05. The van der Waals surface area contributed by atoms with Crippen molar-refractivity contribution in [1.82, 2.24) is 9.88 Å². The SMILES string of the molecule is CCc1ccc([C@@]2(OCC3(CO)CC3)c3c(Cc4ccc(Cl)cn4)cccc3C(=O)N2C(=O)C(C)O)cc1. The number of aliphatic hydroxyl groups excluding tert-OH is 2. The molecule has 3 aromatic rings. The van der Waals surface area contributed by atoms with Crippen molar-refractivity contribution in [3.63, 3.8) is 0 Å². The number of aryl methyl sites for hydroxylation is 1. The maximum atomic E-state index is 13.9. The topological polar surface area (TPSA) is 100.0 Å². The molecule has 0 saturated heterocycles. The summed E-state index contributed by atoms with van der Waals surface area (Å²) in [6, 6.07) is 16.6. The molecule has 38 heavy (non-hydrogen) atoms. The van der Waals surface area contributed by atoms with E-state index in [0.717, 1.165) is 41.0 Å². The first-order chi connectivity index (χ1) is 18.2. The third kappa shape index (κ3) is 4.54. The Bertz CT molecular complexity index is 1350. The van der Waals surface area contributed by atoms with Gasteiger partial charge in [-0.25, -0.2) is 4.90 Å². The second kappa shape index (κ2) is 10.2. The van der Waals surface area contributed by atoms with Gasteiger partial charge in [0.15, 0.2) is 0 Å². The first kappa shape index (κ1) is 26.5. The molecular formula is C30H31ClN2O5. The summed E-state index contributed by atoms with van der Waals surface area (Å²) < 4.78 is 6.72. The number of halogens is 1. The van der Waals surface area contributed by atoms with Gasteiger partial charge < -0.3 is 14.9 Å². The molecule has 0 radical (unpaired) electrons. The number of nitrogens with zero attached hydrogens (tertiary/aromatic N) is 2. The lowest BCUT2D eigenvalue weighted by Gasteiger charge is -2.40. The Morgan fingerprint density at radius 3 is 2.47 bits per heavy atom. The minimum Gasteiger partial charge on any atom is -0.396 e. The molecular weight excluding hydrogens is 504 g/mol. The van der Waals surface area contributed by atoms with Gasteiger partial charge in [0.2, 0.25) is 5.72 Å². The van der Waals surface area contributed by atoms with E-state index in [1.165, 1.54) is 6.92 Å². The summed E-state index contributed by atoms with van der Waals surface area (Å²) in [4.78, 5) is 33.0. The molecule has 1 aliphatic heterocycles. The molecule has 1 saturated carbocycles. The number of fused-ring (bicyclic) bond motifs is 1. The Morgan fingerprint density at radius 1 is 1.16 bits per heavy atom. The number of imide groups is 1. The highest BCUT2D eigenvalue weighted by molar-refractivity contribution is 6.30. The molecule has 1 fully saturated rings. The van der Waals surface area contributed by atoms with E-state index >= 15 is 0 Å². The molecule has 2 aliphatic rings. The van der Waals surface area contributed by atoms with E-state index < -0.39 is 29.1 Å². The zero-order valence-corrected chi connectivity index (χ0v) is 22.2. The average Bonchev–Trinajstić information content (AvgIpc) is 3.67. The Kier molecular flexibility index (Phi) is 7.13. The van der Waals surface area contributed by atoms with E-state index in [2.05, 4.69) is 4.98 Å². The van der Waals surface area contributed by atoms with Gasteiger partial charge in [-0.3, -0.25) is 14.6 Å². The van der Waals surface area contributed by atoms with E-state index in [-0.39, 0.29) is 13.2 Å². The first-order valence-electron chi connectivity index (χ1n) is 12.9. The third-order valence-corrected chi connectivity index (χ3v) is 7.83. The van der Waals surface area contributed by atoms with Crippen LogP contribution in [0.3, 0.4) is 0 Å². The maximum Gasteiger partial charge on any atom is 0.263 e. The predicted octanol–water partition coefficient (Wildman–Crippen LogP) is 4.24. The molecule has 198 valence electrons. The number of aliphatic hydroxyl groups is 2. The zero-order valence-electron chi connectivity index (χ0n) is 21.5. The summed E-state index contributed by atoms with van der Waals surface area (Å²) in [5.41, 5.74) is 2.03. The van der Waals surface area contributed by atoms with Crippen LogP contribution >= 0.6 is 11.6 Å². The van der Waals surface area contributed by atoms with Crippen molar-refractivity contribution in [3.8, 4) is 0 Å². The van der Waals surface area contributed by atoms with Crippen molar-refractivity contribution in [2.75, 3.05) is 13.2 Å². The van der Waals surface area contributed by atoms with Gasteiger partial charge in [-0.1, -0.05) is 54.9 Å². The van der Waals surface area contributed by atoms with Gasteiger partial charge in [0.05, 0.1) is 18.2 Å². The molecule has 5 rings (SSSR count). The number of hydrogen-bond acceptors (Lipinski definition) is 6. The molecule has 0 bridgehead atoms. The molecule has 2 atom stereocenters. The highest BCUT2D eigenvalue weighted by Crippen LogP contribution is 2.52. The molecule has 1 aliphatic carbocycles. The fraction of sp³-hybridized carbons (Fsp3) is 0.367. The lowest BCUT2D eigenvalue weighted by molar-refractivity contribution is -0.166. The molecule has 7 nitrogen and oxygen atoms in total. The number of aromatic nitrogens is 1. The summed E-state index contributed by atoms with van der Waals surface area (Å²) in [6.07, 6.45) is 2.90. The molecule has 0 spiro atoms. The number of carbonyl (C=O) groups is 2. The van der Waals surface area contributed by atoms with E-state index in [1.807, 2.05) is 43.3 Å². The number of ether oxygens (including phenoxy) is 1. The number of pyridine rings is 1. The van der Waals surface area contributed by atoms with Crippen LogP contribution < -0.4 is 0 Å². The second-order valence-corrected chi connectivity index (χ2v) is 10.7. The summed E-state index contributed by atoms with van der Waals surface area (Å²) in [5, 5.41) is 21.0. The molecule has 2 amide bonds. The minimum absolute atomic E-state index is 0.0562. The van der Waals surface area contributed by atoms with Crippen molar-refractivity contribution < 1.29 is 24.5 Å². The molecule has 2 heterocycles. The zero-order chi connectivity index (χ0) is 27.1. The van der Waals surface area contributed by atoms with Crippen LogP contribution in [-0.4, -0.2) is 51.2 Å². The van der Waals surface area contributed by atoms with Crippen LogP contribution in [0.1, 0.15) is 65.0 Å². The van der Waals surface area contributed by atoms with Crippen molar-refractivity contribution in [1.29, 1.82) is 0 Å². The van der Waals surface area contributed by atoms with Crippen LogP contribution in [0, 0.1) is 5.41 Å². The monoisotopic (exact) mass is 534 g/mol. The molecule has 2 aromatic carbocycles. The van der Waals surface area contributed by atoms with Gasteiger partial charge in [0.1, 0.15) is 6.10 Å². The number of rotatable bonds is 9. The number of carbonyl (C=O) groups excluding carboxylic acids is 2. The lowest BCUT2D eigenvalue weighted by atomic mass is 9.87. The number of amides is 2. The normalized spacial score (nSPS) is 20.3. The highest BCUT2D eigenvalue weighted by Gasteiger charge is 2.58. The molecule has 1 aromatic heterocycles. The Hall–Kier alpha value is -3.10. The minimum atomic E-state index is -1.62. The molecule has 2 N–H and O–H groups in total. The fourth-order valence-electron chi connectivity index (χ4n) is 5.09. The average molecular weight is 535 g/mol. The number of hydrogen-bond donors (Lipinski definition) is 2. The Morgan fingerprint density at radius 2 is 1.89 bits per heavy atom. The van der Waals surface area contributed by atoms with Crippen molar-refractivity contribution in [2.24, 2.45) is 5.41 Å². The molecule has 8 heteroatoms. The van der Waals surface area contributed by atoms with Crippen LogP contribution in [0.5, 0.6) is 0 Å². The van der Waals surface area contributed by atoms with Crippen LogP contribution in [0.25, 0.3) is 0 Å². The third-order valence-electron chi connectivity index (χ3n) is 7.61. The van der Waals surface area contributed by atoms with Gasteiger partial charge in [-0.2, -0.15) is 0 Å². The van der Waals surface area contributed by atoms with E-state index in [0.29, 0.717) is 28.1 Å². The highest BCUT2D eigenvalue weighted by atomic mass is 35.5. The van der Waals surface area contributed by atoms with Crippen LogP contribution in [-0.2, 0) is 28.1 Å². The standard InChI is InChI=1S/C30H31ClN2O5/c1-3-20-7-9-22(10-8-20)30(38-18-29(17-34)13-14-29)26-21(15-24-12-11-23(31)16-32-24)5-4-6-25(26)28(37)33(30)27(36)19(2)35/h4-12,16,19,34-35H,3,13-15,17-18H2,1-2H3/t19?,30-/m1/s1.